The van der Waals surface area contributed by atoms with Crippen molar-refractivity contribution in [1.82, 2.24) is 0 Å². The number of carbonyl (C=O) groups is 2. The average molecular weight is 494 g/mol. The molecule has 4 aromatic carbocycles. The number of amides is 1. The first-order chi connectivity index (χ1) is 17.9. The fraction of sp³-hybridized carbons (Fsp3) is 0.100. The molecule has 0 saturated carbocycles. The van der Waals surface area contributed by atoms with Gasteiger partial charge >= 0.3 is 5.97 Å². The van der Waals surface area contributed by atoms with Gasteiger partial charge in [0, 0.05) is 16.8 Å². The van der Waals surface area contributed by atoms with E-state index in [4.69, 9.17) is 20.6 Å². The molecule has 0 aromatic heterocycles. The number of carbonyl (C=O) groups excluding carboxylic acids is 2. The number of ether oxygens (including phenoxy) is 2. The highest BCUT2D eigenvalue weighted by Gasteiger charge is 2.21. The number of nitrogens with two attached hydrogens (primary N) is 1. The maximum absolute atomic E-state index is 13.4. The molecule has 0 bridgehead atoms. The van der Waals surface area contributed by atoms with Crippen LogP contribution in [0.1, 0.15) is 37.4 Å². The van der Waals surface area contributed by atoms with Crippen LogP contribution < -0.4 is 15.8 Å². The number of hydrogen-bond donors (Lipinski definition) is 3. The van der Waals surface area contributed by atoms with Crippen LogP contribution in [0.25, 0.3) is 11.1 Å². The minimum absolute atomic E-state index is 0.0509. The number of rotatable bonds is 8. The Morgan fingerprint density at radius 1 is 0.865 bits per heavy atom. The highest BCUT2D eigenvalue weighted by atomic mass is 16.5. The van der Waals surface area contributed by atoms with Crippen LogP contribution in [-0.2, 0) is 11.3 Å². The zero-order valence-electron chi connectivity index (χ0n) is 20.6. The predicted octanol–water partition coefficient (Wildman–Crippen LogP) is 5.56. The van der Waals surface area contributed by atoms with Crippen LogP contribution >= 0.6 is 0 Å². The first-order valence-corrected chi connectivity index (χ1v) is 11.6. The lowest BCUT2D eigenvalue weighted by Crippen LogP contribution is -2.15. The van der Waals surface area contributed by atoms with Gasteiger partial charge in [0.2, 0.25) is 0 Å². The molecular formula is C30H27N3O4. The normalized spacial score (nSPS) is 10.4. The molecule has 1 amide bonds. The smallest absolute Gasteiger partial charge is 0.339 e. The van der Waals surface area contributed by atoms with Crippen molar-refractivity contribution in [2.24, 2.45) is 5.73 Å². The first kappa shape index (κ1) is 25.2. The summed E-state index contributed by atoms with van der Waals surface area (Å²) in [6.45, 7) is 2.01. The second-order valence-electron chi connectivity index (χ2n) is 8.47. The summed E-state index contributed by atoms with van der Waals surface area (Å²) in [5, 5.41) is 10.4. The van der Waals surface area contributed by atoms with E-state index in [1.54, 1.807) is 48.5 Å². The number of esters is 1. The van der Waals surface area contributed by atoms with Crippen molar-refractivity contribution in [2.75, 3.05) is 12.4 Å². The van der Waals surface area contributed by atoms with E-state index in [-0.39, 0.29) is 18.3 Å². The summed E-state index contributed by atoms with van der Waals surface area (Å²) in [6, 6.07) is 26.7. The van der Waals surface area contributed by atoms with Crippen LogP contribution in [0.4, 0.5) is 5.69 Å². The minimum Gasteiger partial charge on any atom is -0.497 e. The molecule has 0 fully saturated rings. The Kier molecular flexibility index (Phi) is 7.64. The molecular weight excluding hydrogens is 466 g/mol. The lowest BCUT2D eigenvalue weighted by atomic mass is 9.93. The van der Waals surface area contributed by atoms with E-state index < -0.39 is 5.97 Å². The lowest BCUT2D eigenvalue weighted by molar-refractivity contribution is 0.0473. The van der Waals surface area contributed by atoms with Crippen molar-refractivity contribution in [1.29, 1.82) is 5.41 Å². The molecule has 0 aliphatic heterocycles. The Labute approximate surface area is 215 Å². The van der Waals surface area contributed by atoms with E-state index in [2.05, 4.69) is 5.32 Å². The van der Waals surface area contributed by atoms with Crippen LogP contribution in [0.3, 0.4) is 0 Å². The van der Waals surface area contributed by atoms with Crippen molar-refractivity contribution in [2.45, 2.75) is 13.5 Å². The summed E-state index contributed by atoms with van der Waals surface area (Å²) in [5.74, 6) is -0.415. The predicted molar refractivity (Wildman–Crippen MR) is 144 cm³/mol. The summed E-state index contributed by atoms with van der Waals surface area (Å²) in [7, 11) is 1.52. The Hall–Kier alpha value is -4.91. The molecule has 4 aromatic rings. The van der Waals surface area contributed by atoms with Crippen molar-refractivity contribution >= 4 is 23.4 Å². The number of nitrogens with one attached hydrogen (secondary N) is 2. The Balaban J connectivity index is 1.68. The van der Waals surface area contributed by atoms with E-state index >= 15 is 0 Å². The molecule has 4 rings (SSSR count). The molecule has 0 aliphatic carbocycles. The van der Waals surface area contributed by atoms with Gasteiger partial charge in [-0.2, -0.15) is 0 Å². The number of anilines is 1. The first-order valence-electron chi connectivity index (χ1n) is 11.6. The van der Waals surface area contributed by atoms with Crippen LogP contribution in [0, 0.1) is 12.3 Å². The largest absolute Gasteiger partial charge is 0.497 e. The zero-order valence-corrected chi connectivity index (χ0v) is 20.6. The van der Waals surface area contributed by atoms with Crippen LogP contribution in [0.5, 0.6) is 5.75 Å². The number of methoxy groups -OCH3 is 1. The van der Waals surface area contributed by atoms with E-state index in [9.17, 15) is 9.59 Å². The van der Waals surface area contributed by atoms with Crippen molar-refractivity contribution in [3.63, 3.8) is 0 Å². The third-order valence-corrected chi connectivity index (χ3v) is 5.82. The van der Waals surface area contributed by atoms with Crippen molar-refractivity contribution in [3.05, 3.63) is 119 Å². The monoisotopic (exact) mass is 493 g/mol. The topological polar surface area (TPSA) is 115 Å². The molecule has 0 spiro atoms. The summed E-state index contributed by atoms with van der Waals surface area (Å²) in [5.41, 5.74) is 10.2. The number of aryl methyl sites for hydroxylation is 1. The molecule has 0 aliphatic rings. The molecule has 0 radical (unpaired) electrons. The van der Waals surface area contributed by atoms with Gasteiger partial charge < -0.3 is 20.5 Å². The van der Waals surface area contributed by atoms with Crippen LogP contribution in [-0.4, -0.2) is 24.8 Å². The lowest BCUT2D eigenvalue weighted by Gasteiger charge is -2.16. The quantitative estimate of drug-likeness (QED) is 0.169. The van der Waals surface area contributed by atoms with Crippen molar-refractivity contribution in [3.8, 4) is 16.9 Å². The van der Waals surface area contributed by atoms with Gasteiger partial charge in [0.05, 0.1) is 12.7 Å². The number of benzene rings is 4. The molecule has 4 N–H and O–H groups in total. The van der Waals surface area contributed by atoms with Gasteiger partial charge in [-0.25, -0.2) is 4.79 Å². The second kappa shape index (κ2) is 11.2. The van der Waals surface area contributed by atoms with E-state index in [0.29, 0.717) is 39.3 Å². The Morgan fingerprint density at radius 2 is 1.54 bits per heavy atom. The summed E-state index contributed by atoms with van der Waals surface area (Å²) >= 11 is 0. The van der Waals surface area contributed by atoms with Gasteiger partial charge in [-0.15, -0.1) is 0 Å². The molecule has 7 heteroatoms. The Morgan fingerprint density at radius 3 is 2.22 bits per heavy atom. The van der Waals surface area contributed by atoms with Crippen LogP contribution in [0.2, 0.25) is 0 Å². The summed E-state index contributed by atoms with van der Waals surface area (Å²) in [4.78, 5) is 26.6. The van der Waals surface area contributed by atoms with Crippen molar-refractivity contribution < 1.29 is 19.1 Å². The van der Waals surface area contributed by atoms with Gasteiger partial charge in [0.25, 0.3) is 5.91 Å². The number of hydrogen-bond acceptors (Lipinski definition) is 5. The van der Waals surface area contributed by atoms with Gasteiger partial charge in [-0.1, -0.05) is 48.0 Å². The van der Waals surface area contributed by atoms with E-state index in [1.807, 2.05) is 49.4 Å². The van der Waals surface area contributed by atoms with Gasteiger partial charge in [-0.05, 0) is 72.1 Å². The Bertz CT molecular complexity index is 1450. The molecule has 0 heterocycles. The fourth-order valence-electron chi connectivity index (χ4n) is 3.87. The minimum atomic E-state index is -0.524. The van der Waals surface area contributed by atoms with Gasteiger partial charge in [-0.3, -0.25) is 10.2 Å². The summed E-state index contributed by atoms with van der Waals surface area (Å²) < 4.78 is 11.0. The second-order valence-corrected chi connectivity index (χ2v) is 8.47. The highest BCUT2D eigenvalue weighted by Crippen LogP contribution is 2.32. The number of nitrogen functional groups attached to an aromatic ring is 1. The van der Waals surface area contributed by atoms with E-state index in [1.165, 1.54) is 7.11 Å². The molecule has 0 unspecified atom stereocenters. The molecule has 7 nitrogen and oxygen atoms in total. The molecule has 37 heavy (non-hydrogen) atoms. The maximum Gasteiger partial charge on any atom is 0.339 e. The average Bonchev–Trinajstić information content (AvgIpc) is 2.92. The van der Waals surface area contributed by atoms with Gasteiger partial charge in [0.1, 0.15) is 18.2 Å². The zero-order chi connectivity index (χ0) is 26.4. The third-order valence-electron chi connectivity index (χ3n) is 5.82. The SMILES string of the molecule is COc1ccc(-c2ccc(C)cc2C(=O)Nc2ccc(C(=N)N)cc2)c(C(=O)OCc2ccccc2)c1. The van der Waals surface area contributed by atoms with E-state index in [0.717, 1.165) is 11.1 Å². The third kappa shape index (κ3) is 6.02. The molecule has 0 atom stereocenters. The summed E-state index contributed by atoms with van der Waals surface area (Å²) in [6.07, 6.45) is 0. The van der Waals surface area contributed by atoms with Gasteiger partial charge in [0.15, 0.2) is 0 Å². The molecule has 186 valence electrons. The maximum atomic E-state index is 13.4. The number of amidine groups is 1. The standard InChI is InChI=1S/C30H27N3O4/c1-19-8-14-24(26(16-19)29(34)33-22-11-9-21(10-12-22)28(31)32)25-15-13-23(36-2)17-27(25)30(35)37-18-20-6-4-3-5-7-20/h3-17H,18H2,1-2H3,(H3,31,32)(H,33,34). The molecule has 0 saturated heterocycles. The highest BCUT2D eigenvalue weighted by molar-refractivity contribution is 6.11. The fourth-order valence-corrected chi connectivity index (χ4v) is 3.87. The van der Waals surface area contributed by atoms with Crippen LogP contribution in [0.15, 0.2) is 91.0 Å².